The van der Waals surface area contributed by atoms with Crippen LogP contribution in [0.25, 0.3) is 0 Å². The minimum Gasteiger partial charge on any atom is -0.349 e. The molecule has 1 aliphatic rings. The van der Waals surface area contributed by atoms with E-state index in [1.54, 1.807) is 11.0 Å². The first-order valence-corrected chi connectivity index (χ1v) is 8.85. The summed E-state index contributed by atoms with van der Waals surface area (Å²) in [5.74, 6) is -0.704. The van der Waals surface area contributed by atoms with Gasteiger partial charge in [-0.3, -0.25) is 9.59 Å². The SMILES string of the molecule is Cc1cccc(C(=O)N2CCC(F)(C(=O)NCc3ccccc3)CC2)c1. The molecule has 3 rings (SSSR count). The smallest absolute Gasteiger partial charge is 0.258 e. The van der Waals surface area contributed by atoms with Crippen molar-refractivity contribution < 1.29 is 14.0 Å². The molecule has 26 heavy (non-hydrogen) atoms. The summed E-state index contributed by atoms with van der Waals surface area (Å²) in [6, 6.07) is 16.8. The van der Waals surface area contributed by atoms with Gasteiger partial charge in [-0.2, -0.15) is 0 Å². The molecule has 0 bridgehead atoms. The number of alkyl halides is 1. The lowest BCUT2D eigenvalue weighted by Gasteiger charge is -2.35. The first-order chi connectivity index (χ1) is 12.5. The lowest BCUT2D eigenvalue weighted by molar-refractivity contribution is -0.135. The van der Waals surface area contributed by atoms with Crippen molar-refractivity contribution >= 4 is 11.8 Å². The van der Waals surface area contributed by atoms with E-state index in [1.165, 1.54) is 0 Å². The Morgan fingerprint density at radius 1 is 1.08 bits per heavy atom. The number of aryl methyl sites for hydroxylation is 1. The van der Waals surface area contributed by atoms with Crippen LogP contribution in [-0.2, 0) is 11.3 Å². The van der Waals surface area contributed by atoms with Crippen molar-refractivity contribution in [2.45, 2.75) is 32.0 Å². The zero-order valence-electron chi connectivity index (χ0n) is 14.9. The number of carbonyl (C=O) groups is 2. The van der Waals surface area contributed by atoms with Gasteiger partial charge in [-0.15, -0.1) is 0 Å². The number of nitrogens with zero attached hydrogens (tertiary/aromatic N) is 1. The summed E-state index contributed by atoms with van der Waals surface area (Å²) in [5.41, 5.74) is 0.618. The van der Waals surface area contributed by atoms with Gasteiger partial charge in [-0.1, -0.05) is 48.0 Å². The van der Waals surface area contributed by atoms with Crippen molar-refractivity contribution in [2.24, 2.45) is 0 Å². The van der Waals surface area contributed by atoms with Crippen molar-refractivity contribution in [2.75, 3.05) is 13.1 Å². The molecule has 5 heteroatoms. The van der Waals surface area contributed by atoms with E-state index < -0.39 is 11.6 Å². The Morgan fingerprint density at radius 2 is 1.77 bits per heavy atom. The quantitative estimate of drug-likeness (QED) is 0.916. The highest BCUT2D eigenvalue weighted by Crippen LogP contribution is 2.28. The molecule has 1 N–H and O–H groups in total. The first-order valence-electron chi connectivity index (χ1n) is 8.85. The number of likely N-dealkylation sites (tertiary alicyclic amines) is 1. The Hall–Kier alpha value is -2.69. The predicted octanol–water partition coefficient (Wildman–Crippen LogP) is 3.26. The van der Waals surface area contributed by atoms with Gasteiger partial charge in [0.2, 0.25) is 0 Å². The molecule has 1 saturated heterocycles. The van der Waals surface area contributed by atoms with E-state index in [2.05, 4.69) is 5.32 Å². The maximum atomic E-state index is 15.0. The Morgan fingerprint density at radius 3 is 2.42 bits per heavy atom. The second-order valence-corrected chi connectivity index (χ2v) is 6.80. The number of rotatable bonds is 4. The van der Waals surface area contributed by atoms with Gasteiger partial charge in [-0.05, 0) is 24.6 Å². The molecule has 1 heterocycles. The summed E-state index contributed by atoms with van der Waals surface area (Å²) in [7, 11) is 0. The highest BCUT2D eigenvalue weighted by atomic mass is 19.1. The minimum absolute atomic E-state index is 0.0190. The van der Waals surface area contributed by atoms with Gasteiger partial charge in [0.25, 0.3) is 11.8 Å². The third kappa shape index (κ3) is 4.10. The van der Waals surface area contributed by atoms with Gasteiger partial charge in [-0.25, -0.2) is 4.39 Å². The third-order valence-electron chi connectivity index (χ3n) is 4.81. The molecule has 0 aromatic heterocycles. The van der Waals surface area contributed by atoms with Crippen LogP contribution in [0.5, 0.6) is 0 Å². The highest BCUT2D eigenvalue weighted by Gasteiger charge is 2.42. The highest BCUT2D eigenvalue weighted by molar-refractivity contribution is 5.94. The standard InChI is InChI=1S/C21H23FN2O2/c1-16-6-5-9-18(14-16)19(25)24-12-10-21(22,11-13-24)20(26)23-15-17-7-3-2-4-8-17/h2-9,14H,10-13,15H2,1H3,(H,23,26). The maximum Gasteiger partial charge on any atom is 0.258 e. The molecule has 1 aliphatic heterocycles. The fourth-order valence-electron chi connectivity index (χ4n) is 3.19. The van der Waals surface area contributed by atoms with Crippen LogP contribution in [0.1, 0.15) is 34.3 Å². The van der Waals surface area contributed by atoms with Crippen LogP contribution in [0.3, 0.4) is 0 Å². The van der Waals surface area contributed by atoms with Gasteiger partial charge in [0.05, 0.1) is 0 Å². The monoisotopic (exact) mass is 354 g/mol. The van der Waals surface area contributed by atoms with Crippen LogP contribution in [-0.4, -0.2) is 35.5 Å². The van der Waals surface area contributed by atoms with Crippen LogP contribution in [0.15, 0.2) is 54.6 Å². The average Bonchev–Trinajstić information content (AvgIpc) is 2.67. The average molecular weight is 354 g/mol. The lowest BCUT2D eigenvalue weighted by atomic mass is 9.91. The molecule has 1 fully saturated rings. The van der Waals surface area contributed by atoms with E-state index in [9.17, 15) is 9.59 Å². The number of piperidine rings is 1. The lowest BCUT2D eigenvalue weighted by Crippen LogP contribution is -2.52. The number of hydrogen-bond donors (Lipinski definition) is 1. The largest absolute Gasteiger partial charge is 0.349 e. The Kier molecular flexibility index (Phi) is 5.35. The van der Waals surface area contributed by atoms with Gasteiger partial charge < -0.3 is 10.2 Å². The molecule has 0 aliphatic carbocycles. The topological polar surface area (TPSA) is 49.4 Å². The van der Waals surface area contributed by atoms with Crippen LogP contribution in [0.2, 0.25) is 0 Å². The van der Waals surface area contributed by atoms with Crippen LogP contribution in [0.4, 0.5) is 4.39 Å². The second-order valence-electron chi connectivity index (χ2n) is 6.80. The second kappa shape index (κ2) is 7.68. The van der Waals surface area contributed by atoms with Crippen LogP contribution in [0, 0.1) is 6.92 Å². The van der Waals surface area contributed by atoms with Gasteiger partial charge in [0.15, 0.2) is 5.67 Å². The van der Waals surface area contributed by atoms with Crippen molar-refractivity contribution in [3.05, 3.63) is 71.3 Å². The molecule has 0 atom stereocenters. The number of carbonyl (C=O) groups excluding carboxylic acids is 2. The summed E-state index contributed by atoms with van der Waals surface area (Å²) in [6.45, 7) is 2.71. The normalized spacial score (nSPS) is 16.2. The van der Waals surface area contributed by atoms with E-state index in [4.69, 9.17) is 0 Å². The zero-order chi connectivity index (χ0) is 18.6. The van der Waals surface area contributed by atoms with E-state index in [-0.39, 0.29) is 31.8 Å². The molecule has 0 unspecified atom stereocenters. The van der Waals surface area contributed by atoms with Gasteiger partial charge in [0.1, 0.15) is 0 Å². The number of nitrogens with one attached hydrogen (secondary N) is 1. The summed E-state index contributed by atoms with van der Waals surface area (Å²) >= 11 is 0. The van der Waals surface area contributed by atoms with E-state index in [0.29, 0.717) is 12.1 Å². The van der Waals surface area contributed by atoms with Gasteiger partial charge in [0, 0.05) is 38.0 Å². The zero-order valence-corrected chi connectivity index (χ0v) is 14.9. The molecule has 0 saturated carbocycles. The number of hydrogen-bond acceptors (Lipinski definition) is 2. The predicted molar refractivity (Wildman–Crippen MR) is 98.4 cm³/mol. The molecule has 2 aromatic rings. The summed E-state index contributed by atoms with van der Waals surface area (Å²) in [6.07, 6.45) is 0.0381. The fourth-order valence-corrected chi connectivity index (χ4v) is 3.19. The summed E-state index contributed by atoms with van der Waals surface area (Å²) in [5, 5.41) is 2.68. The molecule has 2 amide bonds. The molecular weight excluding hydrogens is 331 g/mol. The summed E-state index contributed by atoms with van der Waals surface area (Å²) in [4.78, 5) is 26.5. The van der Waals surface area contributed by atoms with Crippen molar-refractivity contribution in [1.82, 2.24) is 10.2 Å². The first kappa shape index (κ1) is 18.1. The molecule has 136 valence electrons. The molecule has 4 nitrogen and oxygen atoms in total. The van der Waals surface area contributed by atoms with Crippen LogP contribution >= 0.6 is 0 Å². The molecular formula is C21H23FN2O2. The molecule has 0 radical (unpaired) electrons. The van der Waals surface area contributed by atoms with E-state index in [0.717, 1.165) is 11.1 Å². The number of amides is 2. The Labute approximate surface area is 153 Å². The Bertz CT molecular complexity index is 784. The summed E-state index contributed by atoms with van der Waals surface area (Å²) < 4.78 is 15.0. The van der Waals surface area contributed by atoms with E-state index >= 15 is 4.39 Å². The van der Waals surface area contributed by atoms with Crippen molar-refractivity contribution in [1.29, 1.82) is 0 Å². The van der Waals surface area contributed by atoms with E-state index in [1.807, 2.05) is 55.5 Å². The van der Waals surface area contributed by atoms with Gasteiger partial charge >= 0.3 is 0 Å². The number of benzene rings is 2. The van der Waals surface area contributed by atoms with Crippen molar-refractivity contribution in [3.8, 4) is 0 Å². The van der Waals surface area contributed by atoms with Crippen LogP contribution < -0.4 is 5.32 Å². The molecule has 0 spiro atoms. The third-order valence-corrected chi connectivity index (χ3v) is 4.81. The number of halogens is 1. The fraction of sp³-hybridized carbons (Fsp3) is 0.333. The Balaban J connectivity index is 1.56. The molecule has 2 aromatic carbocycles. The van der Waals surface area contributed by atoms with Crippen molar-refractivity contribution in [3.63, 3.8) is 0 Å². The maximum absolute atomic E-state index is 15.0. The minimum atomic E-state index is -1.92.